The Labute approximate surface area is 180 Å². The Bertz CT molecular complexity index is 1070. The first-order chi connectivity index (χ1) is 14.3. The van der Waals surface area contributed by atoms with Crippen molar-refractivity contribution in [3.8, 4) is 0 Å². The number of primary amides is 1. The first kappa shape index (κ1) is 21.3. The molecule has 154 valence electrons. The molecule has 0 aliphatic heterocycles. The Kier molecular flexibility index (Phi) is 6.69. The Morgan fingerprint density at radius 1 is 1.10 bits per heavy atom. The lowest BCUT2D eigenvalue weighted by molar-refractivity contribution is 0.0947. The van der Waals surface area contributed by atoms with Gasteiger partial charge in [0, 0.05) is 29.0 Å². The van der Waals surface area contributed by atoms with Crippen LogP contribution in [0, 0.1) is 0 Å². The molecule has 7 heteroatoms. The maximum absolute atomic E-state index is 12.8. The quantitative estimate of drug-likeness (QED) is 0.517. The third kappa shape index (κ3) is 5.36. The fourth-order valence-corrected chi connectivity index (χ4v) is 3.18. The number of carbonyl (C=O) groups is 2. The molecule has 0 aliphatic carbocycles. The van der Waals surface area contributed by atoms with Crippen molar-refractivity contribution < 1.29 is 9.59 Å². The fraction of sp³-hybridized carbons (Fsp3) is 0.174. The molecule has 0 unspecified atom stereocenters. The van der Waals surface area contributed by atoms with Crippen molar-refractivity contribution in [2.45, 2.75) is 26.3 Å². The Hall–Kier alpha value is -3.38. The molecule has 4 N–H and O–H groups in total. The number of anilines is 2. The zero-order valence-corrected chi connectivity index (χ0v) is 17.5. The highest BCUT2D eigenvalue weighted by atomic mass is 35.5. The number of nitrogens with two attached hydrogens (primary N) is 1. The van der Waals surface area contributed by atoms with Crippen LogP contribution in [0.4, 0.5) is 11.5 Å². The maximum Gasteiger partial charge on any atom is 0.253 e. The molecule has 0 radical (unpaired) electrons. The minimum Gasteiger partial charge on any atom is -0.366 e. The largest absolute Gasteiger partial charge is 0.366 e. The van der Waals surface area contributed by atoms with Crippen LogP contribution < -0.4 is 16.4 Å². The molecule has 2 aromatic carbocycles. The van der Waals surface area contributed by atoms with Crippen LogP contribution >= 0.6 is 11.6 Å². The second kappa shape index (κ2) is 9.41. The maximum atomic E-state index is 12.8. The number of aromatic nitrogens is 1. The number of hydrogen-bond donors (Lipinski definition) is 3. The SMILES string of the molecule is CC(C)c1cc(Nc2cccc(Cl)c2)ncc1C(=O)NCc1ccc(C(N)=O)cc1. The molecule has 0 saturated carbocycles. The van der Waals surface area contributed by atoms with Crippen LogP contribution in [-0.4, -0.2) is 16.8 Å². The summed E-state index contributed by atoms with van der Waals surface area (Å²) in [6, 6.07) is 16.0. The van der Waals surface area contributed by atoms with E-state index in [0.29, 0.717) is 28.5 Å². The standard InChI is InChI=1S/C23H23ClN4O2/c1-14(2)19-11-21(28-18-5-3-4-17(24)10-18)26-13-20(19)23(30)27-12-15-6-8-16(9-7-15)22(25)29/h3-11,13-14H,12H2,1-2H3,(H2,25,29)(H,26,28)(H,27,30). The molecule has 1 aromatic heterocycles. The van der Waals surface area contributed by atoms with E-state index in [-0.39, 0.29) is 11.8 Å². The van der Waals surface area contributed by atoms with Crippen LogP contribution in [-0.2, 0) is 6.54 Å². The van der Waals surface area contributed by atoms with Gasteiger partial charge in [-0.3, -0.25) is 9.59 Å². The third-order valence-electron chi connectivity index (χ3n) is 4.59. The van der Waals surface area contributed by atoms with Crippen LogP contribution in [0.3, 0.4) is 0 Å². The van der Waals surface area contributed by atoms with Crippen molar-refractivity contribution in [1.82, 2.24) is 10.3 Å². The summed E-state index contributed by atoms with van der Waals surface area (Å²) in [5, 5.41) is 6.74. The van der Waals surface area contributed by atoms with Crippen LogP contribution in [0.5, 0.6) is 0 Å². The van der Waals surface area contributed by atoms with Gasteiger partial charge in [0.2, 0.25) is 5.91 Å². The molecule has 0 atom stereocenters. The highest BCUT2D eigenvalue weighted by molar-refractivity contribution is 6.30. The Balaban J connectivity index is 1.73. The zero-order chi connectivity index (χ0) is 21.7. The number of hydrogen-bond acceptors (Lipinski definition) is 4. The van der Waals surface area contributed by atoms with E-state index in [1.54, 1.807) is 36.5 Å². The number of amides is 2. The van der Waals surface area contributed by atoms with Gasteiger partial charge in [-0.2, -0.15) is 0 Å². The monoisotopic (exact) mass is 422 g/mol. The lowest BCUT2D eigenvalue weighted by atomic mass is 9.98. The number of halogens is 1. The summed E-state index contributed by atoms with van der Waals surface area (Å²) in [7, 11) is 0. The molecule has 1 heterocycles. The van der Waals surface area contributed by atoms with E-state index in [4.69, 9.17) is 17.3 Å². The summed E-state index contributed by atoms with van der Waals surface area (Å²) in [4.78, 5) is 28.3. The molecule has 0 saturated heterocycles. The summed E-state index contributed by atoms with van der Waals surface area (Å²) >= 11 is 6.03. The average Bonchev–Trinajstić information content (AvgIpc) is 2.72. The van der Waals surface area contributed by atoms with Crippen molar-refractivity contribution in [2.75, 3.05) is 5.32 Å². The van der Waals surface area contributed by atoms with Gasteiger partial charge in [-0.05, 0) is 53.4 Å². The van der Waals surface area contributed by atoms with Crippen LogP contribution in [0.25, 0.3) is 0 Å². The molecule has 3 rings (SSSR count). The van der Waals surface area contributed by atoms with Crippen molar-refractivity contribution in [2.24, 2.45) is 5.73 Å². The highest BCUT2D eigenvalue weighted by Gasteiger charge is 2.16. The molecular weight excluding hydrogens is 400 g/mol. The topological polar surface area (TPSA) is 97.1 Å². The minimum atomic E-state index is -0.482. The van der Waals surface area contributed by atoms with Gasteiger partial charge in [-0.25, -0.2) is 4.98 Å². The van der Waals surface area contributed by atoms with E-state index in [2.05, 4.69) is 15.6 Å². The molecule has 6 nitrogen and oxygen atoms in total. The molecular formula is C23H23ClN4O2. The average molecular weight is 423 g/mol. The van der Waals surface area contributed by atoms with Crippen molar-refractivity contribution in [1.29, 1.82) is 0 Å². The minimum absolute atomic E-state index is 0.128. The van der Waals surface area contributed by atoms with Gasteiger partial charge in [0.15, 0.2) is 0 Å². The summed E-state index contributed by atoms with van der Waals surface area (Å²) in [6.07, 6.45) is 1.58. The second-order valence-electron chi connectivity index (χ2n) is 7.19. The van der Waals surface area contributed by atoms with Gasteiger partial charge in [0.25, 0.3) is 5.91 Å². The lowest BCUT2D eigenvalue weighted by Crippen LogP contribution is -2.24. The van der Waals surface area contributed by atoms with Crippen molar-refractivity contribution >= 4 is 34.9 Å². The smallest absolute Gasteiger partial charge is 0.253 e. The molecule has 3 aromatic rings. The Morgan fingerprint density at radius 3 is 2.47 bits per heavy atom. The summed E-state index contributed by atoms with van der Waals surface area (Å²) in [5.74, 6) is 0.0762. The van der Waals surface area contributed by atoms with Gasteiger partial charge in [0.1, 0.15) is 5.82 Å². The van der Waals surface area contributed by atoms with E-state index in [9.17, 15) is 9.59 Å². The number of benzene rings is 2. The molecule has 0 fully saturated rings. The van der Waals surface area contributed by atoms with E-state index in [0.717, 1.165) is 16.8 Å². The lowest BCUT2D eigenvalue weighted by Gasteiger charge is -2.15. The van der Waals surface area contributed by atoms with E-state index in [1.165, 1.54) is 0 Å². The summed E-state index contributed by atoms with van der Waals surface area (Å²) in [5.41, 5.74) is 8.77. The summed E-state index contributed by atoms with van der Waals surface area (Å²) < 4.78 is 0. The summed E-state index contributed by atoms with van der Waals surface area (Å²) in [6.45, 7) is 4.38. The zero-order valence-electron chi connectivity index (χ0n) is 16.8. The number of nitrogens with zero attached hydrogens (tertiary/aromatic N) is 1. The molecule has 0 aliphatic rings. The Morgan fingerprint density at radius 2 is 1.83 bits per heavy atom. The van der Waals surface area contributed by atoms with E-state index >= 15 is 0 Å². The first-order valence-electron chi connectivity index (χ1n) is 9.53. The molecule has 30 heavy (non-hydrogen) atoms. The fourth-order valence-electron chi connectivity index (χ4n) is 2.99. The van der Waals surface area contributed by atoms with Crippen LogP contribution in [0.15, 0.2) is 60.8 Å². The molecule has 0 bridgehead atoms. The predicted octanol–water partition coefficient (Wildman–Crippen LogP) is 4.63. The number of carbonyl (C=O) groups excluding carboxylic acids is 2. The van der Waals surface area contributed by atoms with Crippen LogP contribution in [0.2, 0.25) is 5.02 Å². The van der Waals surface area contributed by atoms with Gasteiger partial charge in [-0.1, -0.05) is 43.6 Å². The van der Waals surface area contributed by atoms with Gasteiger partial charge >= 0.3 is 0 Å². The van der Waals surface area contributed by atoms with Crippen LogP contribution in [0.1, 0.15) is 51.6 Å². The number of nitrogens with one attached hydrogen (secondary N) is 2. The second-order valence-corrected chi connectivity index (χ2v) is 7.63. The van der Waals surface area contributed by atoms with Gasteiger partial charge in [-0.15, -0.1) is 0 Å². The van der Waals surface area contributed by atoms with E-state index < -0.39 is 5.91 Å². The number of pyridine rings is 1. The molecule has 0 spiro atoms. The third-order valence-corrected chi connectivity index (χ3v) is 4.83. The number of rotatable bonds is 7. The van der Waals surface area contributed by atoms with E-state index in [1.807, 2.05) is 38.1 Å². The molecule has 2 amide bonds. The van der Waals surface area contributed by atoms with Gasteiger partial charge < -0.3 is 16.4 Å². The van der Waals surface area contributed by atoms with Crippen molar-refractivity contribution in [3.05, 3.63) is 88.1 Å². The predicted molar refractivity (Wildman–Crippen MR) is 119 cm³/mol. The highest BCUT2D eigenvalue weighted by Crippen LogP contribution is 2.25. The van der Waals surface area contributed by atoms with Gasteiger partial charge in [0.05, 0.1) is 5.56 Å². The van der Waals surface area contributed by atoms with Crippen molar-refractivity contribution in [3.63, 3.8) is 0 Å². The normalized spacial score (nSPS) is 10.7. The first-order valence-corrected chi connectivity index (χ1v) is 9.90.